The Labute approximate surface area is 144 Å². The molecule has 25 heavy (non-hydrogen) atoms. The van der Waals surface area contributed by atoms with E-state index in [2.05, 4.69) is 10.3 Å². The van der Waals surface area contributed by atoms with Gasteiger partial charge in [0.2, 0.25) is 0 Å². The average molecular weight is 332 g/mol. The Balaban J connectivity index is 1.73. The minimum atomic E-state index is -0.261. The van der Waals surface area contributed by atoms with E-state index in [1.165, 1.54) is 4.57 Å². The lowest BCUT2D eigenvalue weighted by Gasteiger charge is -2.10. The molecule has 0 fully saturated rings. The number of hydrogen-bond acceptors (Lipinski definition) is 4. The van der Waals surface area contributed by atoms with E-state index in [9.17, 15) is 9.59 Å². The number of nitriles is 1. The first kappa shape index (κ1) is 16.4. The number of para-hydroxylation sites is 1. The predicted molar refractivity (Wildman–Crippen MR) is 94.2 cm³/mol. The molecule has 0 unspecified atom stereocenters. The molecule has 0 aliphatic carbocycles. The minimum Gasteiger partial charge on any atom is -0.352 e. The molecule has 0 aliphatic rings. The lowest BCUT2D eigenvalue weighted by molar-refractivity contribution is 0.0954. The maximum Gasteiger partial charge on any atom is 0.261 e. The number of nitrogens with zero attached hydrogens (tertiary/aromatic N) is 3. The number of nitrogens with one attached hydrogen (secondary N) is 1. The summed E-state index contributed by atoms with van der Waals surface area (Å²) in [5, 5.41) is 12.3. The molecule has 3 rings (SSSR count). The van der Waals surface area contributed by atoms with Crippen molar-refractivity contribution in [3.63, 3.8) is 0 Å². The van der Waals surface area contributed by atoms with Crippen LogP contribution in [0.4, 0.5) is 0 Å². The quantitative estimate of drug-likeness (QED) is 0.789. The van der Waals surface area contributed by atoms with Crippen molar-refractivity contribution in [1.82, 2.24) is 14.9 Å². The largest absolute Gasteiger partial charge is 0.352 e. The number of benzene rings is 2. The number of aromatic nitrogens is 2. The van der Waals surface area contributed by atoms with Crippen LogP contribution in [0.15, 0.2) is 53.3 Å². The zero-order valence-corrected chi connectivity index (χ0v) is 13.7. The molecule has 6 nitrogen and oxygen atoms in total. The van der Waals surface area contributed by atoms with E-state index in [0.717, 1.165) is 0 Å². The molecule has 0 atom stereocenters. The van der Waals surface area contributed by atoms with Crippen molar-refractivity contribution in [2.45, 2.75) is 6.42 Å². The van der Waals surface area contributed by atoms with Gasteiger partial charge in [0.15, 0.2) is 0 Å². The Bertz CT molecular complexity index is 1050. The van der Waals surface area contributed by atoms with E-state index in [4.69, 9.17) is 5.26 Å². The van der Waals surface area contributed by atoms with Gasteiger partial charge in [0, 0.05) is 25.6 Å². The van der Waals surface area contributed by atoms with Crippen LogP contribution in [0.25, 0.3) is 10.9 Å². The van der Waals surface area contributed by atoms with Gasteiger partial charge in [0.05, 0.1) is 22.5 Å². The Kier molecular flexibility index (Phi) is 4.57. The number of hydrogen-bond donors (Lipinski definition) is 1. The van der Waals surface area contributed by atoms with E-state index in [1.54, 1.807) is 49.5 Å². The number of fused-ring (bicyclic) bond motifs is 1. The third-order valence-corrected chi connectivity index (χ3v) is 3.96. The fourth-order valence-electron chi connectivity index (χ4n) is 2.61. The third-order valence-electron chi connectivity index (χ3n) is 3.96. The number of carbonyl (C=O) groups is 1. The number of rotatable bonds is 4. The molecule has 1 aromatic heterocycles. The fraction of sp³-hybridized carbons (Fsp3) is 0.158. The first-order chi connectivity index (χ1) is 12.1. The summed E-state index contributed by atoms with van der Waals surface area (Å²) in [6, 6.07) is 15.7. The molecular formula is C19H16N4O2. The molecule has 1 N–H and O–H groups in total. The Hall–Kier alpha value is -3.46. The van der Waals surface area contributed by atoms with Gasteiger partial charge in [-0.2, -0.15) is 5.26 Å². The lowest BCUT2D eigenvalue weighted by atomic mass is 10.1. The molecule has 0 saturated carbocycles. The Morgan fingerprint density at radius 2 is 2.04 bits per heavy atom. The first-order valence-electron chi connectivity index (χ1n) is 7.83. The molecule has 0 aliphatic heterocycles. The van der Waals surface area contributed by atoms with Gasteiger partial charge in [0.25, 0.3) is 11.5 Å². The summed E-state index contributed by atoms with van der Waals surface area (Å²) in [5.74, 6) is 0.345. The summed E-state index contributed by atoms with van der Waals surface area (Å²) >= 11 is 0. The molecule has 6 heteroatoms. The summed E-state index contributed by atoms with van der Waals surface area (Å²) in [5.41, 5.74) is 1.41. The van der Waals surface area contributed by atoms with Crippen LogP contribution >= 0.6 is 0 Å². The van der Waals surface area contributed by atoms with E-state index in [1.807, 2.05) is 12.1 Å². The fourth-order valence-corrected chi connectivity index (χ4v) is 2.61. The van der Waals surface area contributed by atoms with Gasteiger partial charge in [-0.1, -0.05) is 18.2 Å². The van der Waals surface area contributed by atoms with Crippen LogP contribution in [0.5, 0.6) is 0 Å². The maximum absolute atomic E-state index is 12.3. The third kappa shape index (κ3) is 3.40. The molecule has 1 amide bonds. The second-order valence-corrected chi connectivity index (χ2v) is 5.61. The summed E-state index contributed by atoms with van der Waals surface area (Å²) in [6.45, 7) is 0.342. The molecule has 0 spiro atoms. The Morgan fingerprint density at radius 1 is 1.24 bits per heavy atom. The van der Waals surface area contributed by atoms with Crippen LogP contribution in [0.3, 0.4) is 0 Å². The predicted octanol–water partition coefficient (Wildman–Crippen LogP) is 1.78. The smallest absolute Gasteiger partial charge is 0.261 e. The molecular weight excluding hydrogens is 316 g/mol. The van der Waals surface area contributed by atoms with Crippen LogP contribution in [-0.2, 0) is 13.5 Å². The highest BCUT2D eigenvalue weighted by atomic mass is 16.1. The van der Waals surface area contributed by atoms with E-state index >= 15 is 0 Å². The van der Waals surface area contributed by atoms with Gasteiger partial charge in [-0.25, -0.2) is 4.98 Å². The van der Waals surface area contributed by atoms with Gasteiger partial charge < -0.3 is 5.32 Å². The SMILES string of the molecule is Cn1c(CCNC(=O)c2cccc(C#N)c2)nc2ccccc2c1=O. The standard InChI is InChI=1S/C19H16N4O2/c1-23-17(22-16-8-3-2-7-15(16)19(23)25)9-10-21-18(24)14-6-4-5-13(11-14)12-20/h2-8,11H,9-10H2,1H3,(H,21,24). The van der Waals surface area contributed by atoms with Crippen LogP contribution in [0.1, 0.15) is 21.7 Å². The topological polar surface area (TPSA) is 87.8 Å². The zero-order valence-electron chi connectivity index (χ0n) is 13.7. The van der Waals surface area contributed by atoms with Crippen molar-refractivity contribution < 1.29 is 4.79 Å². The van der Waals surface area contributed by atoms with Crippen molar-refractivity contribution in [2.24, 2.45) is 7.05 Å². The molecule has 2 aromatic carbocycles. The highest BCUT2D eigenvalue weighted by molar-refractivity contribution is 5.94. The average Bonchev–Trinajstić information content (AvgIpc) is 2.65. The lowest BCUT2D eigenvalue weighted by Crippen LogP contribution is -2.29. The van der Waals surface area contributed by atoms with Gasteiger partial charge in [-0.3, -0.25) is 14.2 Å². The molecule has 1 heterocycles. The molecule has 3 aromatic rings. The van der Waals surface area contributed by atoms with Crippen LogP contribution in [0.2, 0.25) is 0 Å². The molecule has 0 bridgehead atoms. The normalized spacial score (nSPS) is 10.4. The van der Waals surface area contributed by atoms with Crippen molar-refractivity contribution in [2.75, 3.05) is 6.54 Å². The molecule has 124 valence electrons. The minimum absolute atomic E-state index is 0.103. The summed E-state index contributed by atoms with van der Waals surface area (Å²) < 4.78 is 1.50. The number of amides is 1. The Morgan fingerprint density at radius 3 is 2.84 bits per heavy atom. The summed E-state index contributed by atoms with van der Waals surface area (Å²) in [6.07, 6.45) is 0.431. The van der Waals surface area contributed by atoms with E-state index < -0.39 is 0 Å². The van der Waals surface area contributed by atoms with Crippen molar-refractivity contribution in [3.8, 4) is 6.07 Å². The molecule has 0 saturated heterocycles. The van der Waals surface area contributed by atoms with E-state index in [-0.39, 0.29) is 11.5 Å². The van der Waals surface area contributed by atoms with Gasteiger partial charge in [-0.15, -0.1) is 0 Å². The second kappa shape index (κ2) is 6.97. The van der Waals surface area contributed by atoms with Crippen LogP contribution in [-0.4, -0.2) is 22.0 Å². The summed E-state index contributed by atoms with van der Waals surface area (Å²) in [7, 11) is 1.68. The van der Waals surface area contributed by atoms with E-state index in [0.29, 0.717) is 40.8 Å². The van der Waals surface area contributed by atoms with Crippen LogP contribution in [0, 0.1) is 11.3 Å². The van der Waals surface area contributed by atoms with Crippen molar-refractivity contribution in [3.05, 3.63) is 75.8 Å². The van der Waals surface area contributed by atoms with Gasteiger partial charge in [-0.05, 0) is 30.3 Å². The zero-order chi connectivity index (χ0) is 17.8. The molecule has 0 radical (unpaired) electrons. The van der Waals surface area contributed by atoms with Crippen LogP contribution < -0.4 is 10.9 Å². The first-order valence-corrected chi connectivity index (χ1v) is 7.83. The van der Waals surface area contributed by atoms with Crippen molar-refractivity contribution >= 4 is 16.8 Å². The van der Waals surface area contributed by atoms with Gasteiger partial charge >= 0.3 is 0 Å². The van der Waals surface area contributed by atoms with Crippen molar-refractivity contribution in [1.29, 1.82) is 5.26 Å². The number of carbonyl (C=O) groups excluding carboxylic acids is 1. The second-order valence-electron chi connectivity index (χ2n) is 5.61. The van der Waals surface area contributed by atoms with Gasteiger partial charge in [0.1, 0.15) is 5.82 Å². The summed E-state index contributed by atoms with van der Waals surface area (Å²) in [4.78, 5) is 29.0. The monoisotopic (exact) mass is 332 g/mol. The highest BCUT2D eigenvalue weighted by Crippen LogP contribution is 2.08. The maximum atomic E-state index is 12.3. The highest BCUT2D eigenvalue weighted by Gasteiger charge is 2.09.